The molecule has 3 heteroatoms. The zero-order valence-electron chi connectivity index (χ0n) is 8.90. The lowest BCUT2D eigenvalue weighted by atomic mass is 9.87. The Labute approximate surface area is 89.4 Å². The van der Waals surface area contributed by atoms with Crippen LogP contribution in [0.15, 0.2) is 24.0 Å². The number of ether oxygens (including phenoxy) is 1. The number of methoxy groups -OCH3 is 1. The molecule has 82 valence electrons. The lowest BCUT2D eigenvalue weighted by Crippen LogP contribution is -2.18. The Morgan fingerprint density at radius 1 is 1.67 bits per heavy atom. The Balaban J connectivity index is 1.91. The zero-order chi connectivity index (χ0) is 10.9. The van der Waals surface area contributed by atoms with Crippen LogP contribution in [0.1, 0.15) is 25.7 Å². The first-order valence-corrected chi connectivity index (χ1v) is 5.32. The summed E-state index contributed by atoms with van der Waals surface area (Å²) in [5.41, 5.74) is -0.409. The number of allylic oxidation sites excluding steroid dienone is 3. The van der Waals surface area contributed by atoms with Crippen molar-refractivity contribution < 1.29 is 14.6 Å². The number of carbonyl (C=O) groups is 1. The molecule has 0 saturated heterocycles. The molecule has 1 N–H and O–H groups in total. The average molecular weight is 208 g/mol. The van der Waals surface area contributed by atoms with Gasteiger partial charge in [-0.25, -0.2) is 0 Å². The number of carboxylic acids is 1. The largest absolute Gasteiger partial charge is 0.497 e. The maximum atomic E-state index is 11.0. The van der Waals surface area contributed by atoms with Gasteiger partial charge in [0.15, 0.2) is 0 Å². The number of aliphatic carboxylic acids is 1. The van der Waals surface area contributed by atoms with Crippen LogP contribution in [0.25, 0.3) is 0 Å². The number of rotatable bonds is 4. The second kappa shape index (κ2) is 3.72. The second-order valence-corrected chi connectivity index (χ2v) is 4.46. The van der Waals surface area contributed by atoms with Gasteiger partial charge in [-0.2, -0.15) is 0 Å². The summed E-state index contributed by atoms with van der Waals surface area (Å²) in [5, 5.41) is 9.07. The van der Waals surface area contributed by atoms with Gasteiger partial charge in [0, 0.05) is 0 Å². The first-order valence-electron chi connectivity index (χ1n) is 5.32. The van der Waals surface area contributed by atoms with Crippen LogP contribution in [0.5, 0.6) is 0 Å². The fourth-order valence-corrected chi connectivity index (χ4v) is 2.11. The Kier molecular flexibility index (Phi) is 2.55. The second-order valence-electron chi connectivity index (χ2n) is 4.46. The van der Waals surface area contributed by atoms with E-state index in [-0.39, 0.29) is 0 Å². The van der Waals surface area contributed by atoms with Crippen LogP contribution in [-0.4, -0.2) is 18.2 Å². The van der Waals surface area contributed by atoms with Crippen LogP contribution in [0.2, 0.25) is 0 Å². The molecule has 2 aliphatic carbocycles. The van der Waals surface area contributed by atoms with Crippen molar-refractivity contribution in [1.29, 1.82) is 0 Å². The smallest absolute Gasteiger partial charge is 0.309 e. The molecule has 2 aliphatic rings. The monoisotopic (exact) mass is 208 g/mol. The summed E-state index contributed by atoms with van der Waals surface area (Å²) in [6, 6.07) is 0. The molecule has 0 radical (unpaired) electrons. The molecular weight excluding hydrogens is 192 g/mol. The average Bonchev–Trinajstić information content (AvgIpc) is 3.00. The van der Waals surface area contributed by atoms with Gasteiger partial charge in [-0.1, -0.05) is 6.08 Å². The summed E-state index contributed by atoms with van der Waals surface area (Å²) < 4.78 is 5.09. The Morgan fingerprint density at radius 2 is 2.40 bits per heavy atom. The molecule has 0 heterocycles. The Bertz CT molecular complexity index is 324. The van der Waals surface area contributed by atoms with E-state index in [2.05, 4.69) is 6.08 Å². The lowest BCUT2D eigenvalue weighted by molar-refractivity contribution is -0.143. The van der Waals surface area contributed by atoms with E-state index in [0.717, 1.165) is 31.4 Å². The molecule has 1 unspecified atom stereocenters. The highest BCUT2D eigenvalue weighted by Gasteiger charge is 2.50. The minimum absolute atomic E-state index is 0.363. The standard InChI is InChI=1S/C12H16O3/c1-15-10-4-2-9(3-5-10)8-12(6-7-12)11(13)14/h2,4-5,9H,3,6-8H2,1H3,(H,13,14). The topological polar surface area (TPSA) is 46.5 Å². The quantitative estimate of drug-likeness (QED) is 0.771. The summed E-state index contributed by atoms with van der Waals surface area (Å²) in [4.78, 5) is 11.0. The van der Waals surface area contributed by atoms with Crippen molar-refractivity contribution in [2.75, 3.05) is 7.11 Å². The molecule has 0 aliphatic heterocycles. The third-order valence-electron chi connectivity index (χ3n) is 3.35. The Hall–Kier alpha value is -1.25. The van der Waals surface area contributed by atoms with E-state index in [0.29, 0.717) is 5.92 Å². The van der Waals surface area contributed by atoms with Crippen LogP contribution in [0.3, 0.4) is 0 Å². The van der Waals surface area contributed by atoms with Crippen molar-refractivity contribution in [2.45, 2.75) is 25.7 Å². The minimum atomic E-state index is -0.627. The molecule has 0 aromatic rings. The molecule has 15 heavy (non-hydrogen) atoms. The van der Waals surface area contributed by atoms with Gasteiger partial charge in [-0.05, 0) is 43.8 Å². The van der Waals surface area contributed by atoms with E-state index in [1.54, 1.807) is 7.11 Å². The van der Waals surface area contributed by atoms with Gasteiger partial charge in [-0.15, -0.1) is 0 Å². The van der Waals surface area contributed by atoms with Crippen LogP contribution in [0, 0.1) is 11.3 Å². The van der Waals surface area contributed by atoms with Gasteiger partial charge in [-0.3, -0.25) is 4.79 Å². The highest BCUT2D eigenvalue weighted by atomic mass is 16.5. The van der Waals surface area contributed by atoms with Crippen molar-refractivity contribution in [3.05, 3.63) is 24.0 Å². The van der Waals surface area contributed by atoms with Crippen LogP contribution < -0.4 is 0 Å². The molecule has 0 spiro atoms. The molecule has 3 nitrogen and oxygen atoms in total. The van der Waals surface area contributed by atoms with Crippen LogP contribution in [-0.2, 0) is 9.53 Å². The lowest BCUT2D eigenvalue weighted by Gasteiger charge is -2.19. The van der Waals surface area contributed by atoms with Gasteiger partial charge in [0.05, 0.1) is 12.5 Å². The molecule has 0 amide bonds. The SMILES string of the molecule is COC1=CCC(CC2(C(=O)O)CC2)C=C1. The fourth-order valence-electron chi connectivity index (χ4n) is 2.11. The zero-order valence-corrected chi connectivity index (χ0v) is 8.90. The van der Waals surface area contributed by atoms with Gasteiger partial charge >= 0.3 is 5.97 Å². The van der Waals surface area contributed by atoms with Crippen molar-refractivity contribution in [1.82, 2.24) is 0 Å². The molecule has 1 fully saturated rings. The summed E-state index contributed by atoms with van der Waals surface area (Å²) in [5.74, 6) is 0.617. The summed E-state index contributed by atoms with van der Waals surface area (Å²) in [6.07, 6.45) is 9.39. The summed E-state index contributed by atoms with van der Waals surface area (Å²) in [7, 11) is 1.65. The maximum absolute atomic E-state index is 11.0. The molecule has 1 atom stereocenters. The van der Waals surface area contributed by atoms with Crippen LogP contribution in [0.4, 0.5) is 0 Å². The third kappa shape index (κ3) is 2.06. The normalized spacial score (nSPS) is 27.0. The molecule has 1 saturated carbocycles. The van der Waals surface area contributed by atoms with Gasteiger partial charge in [0.1, 0.15) is 5.76 Å². The first kappa shape index (κ1) is 10.3. The van der Waals surface area contributed by atoms with Crippen molar-refractivity contribution in [2.24, 2.45) is 11.3 Å². The Morgan fingerprint density at radius 3 is 2.80 bits per heavy atom. The predicted octanol–water partition coefficient (Wildman–Crippen LogP) is 2.35. The van der Waals surface area contributed by atoms with E-state index in [9.17, 15) is 4.79 Å². The predicted molar refractivity (Wildman–Crippen MR) is 56.3 cm³/mol. The van der Waals surface area contributed by atoms with E-state index < -0.39 is 11.4 Å². The van der Waals surface area contributed by atoms with E-state index >= 15 is 0 Å². The summed E-state index contributed by atoms with van der Waals surface area (Å²) >= 11 is 0. The molecule has 2 rings (SSSR count). The van der Waals surface area contributed by atoms with Gasteiger partial charge < -0.3 is 9.84 Å². The van der Waals surface area contributed by atoms with Crippen molar-refractivity contribution in [3.63, 3.8) is 0 Å². The molecule has 0 aromatic heterocycles. The third-order valence-corrected chi connectivity index (χ3v) is 3.35. The van der Waals surface area contributed by atoms with Crippen molar-refractivity contribution in [3.8, 4) is 0 Å². The maximum Gasteiger partial charge on any atom is 0.309 e. The molecular formula is C12H16O3. The number of hydrogen-bond acceptors (Lipinski definition) is 2. The van der Waals surface area contributed by atoms with E-state index in [1.807, 2.05) is 12.2 Å². The van der Waals surface area contributed by atoms with E-state index in [1.165, 1.54) is 0 Å². The first-order chi connectivity index (χ1) is 7.16. The highest BCUT2D eigenvalue weighted by Crippen LogP contribution is 2.51. The van der Waals surface area contributed by atoms with Gasteiger partial charge in [0.2, 0.25) is 0 Å². The van der Waals surface area contributed by atoms with E-state index in [4.69, 9.17) is 9.84 Å². The number of hydrogen-bond donors (Lipinski definition) is 1. The molecule has 0 bridgehead atoms. The minimum Gasteiger partial charge on any atom is -0.497 e. The summed E-state index contributed by atoms with van der Waals surface area (Å²) in [6.45, 7) is 0. The highest BCUT2D eigenvalue weighted by molar-refractivity contribution is 5.77. The molecule has 0 aromatic carbocycles. The van der Waals surface area contributed by atoms with Crippen LogP contribution >= 0.6 is 0 Å². The van der Waals surface area contributed by atoms with Gasteiger partial charge in [0.25, 0.3) is 0 Å². The van der Waals surface area contributed by atoms with Crippen molar-refractivity contribution >= 4 is 5.97 Å². The number of carboxylic acid groups (broad SMARTS) is 1. The fraction of sp³-hybridized carbons (Fsp3) is 0.583.